The minimum atomic E-state index is -0.673. The van der Waals surface area contributed by atoms with E-state index in [1.54, 1.807) is 0 Å². The first-order valence-corrected chi connectivity index (χ1v) is 8.44. The van der Waals surface area contributed by atoms with Gasteiger partial charge < -0.3 is 9.31 Å². The first-order valence-electron chi connectivity index (χ1n) is 8.44. The predicted octanol–water partition coefficient (Wildman–Crippen LogP) is 2.71. The minimum Gasteiger partial charge on any atom is -0.399 e. The molecule has 0 radical (unpaired) electrons. The number of aromatic nitrogens is 2. The Hall–Kier alpha value is -1.32. The maximum atomic E-state index is 9.56. The SMILES string of the molecule is CC(C)(C#N)c1nn(C2CCC2)cc1B1OC(C)(C)C(C)(C)O1. The molecule has 6 heteroatoms. The average Bonchev–Trinajstić information content (AvgIpc) is 2.88. The van der Waals surface area contributed by atoms with Crippen molar-refractivity contribution in [1.82, 2.24) is 9.78 Å². The van der Waals surface area contributed by atoms with Gasteiger partial charge in [-0.15, -0.1) is 0 Å². The van der Waals surface area contributed by atoms with Crippen LogP contribution in [0.5, 0.6) is 0 Å². The standard InChI is InChI=1S/C17H26BN3O2/c1-15(2,11-19)14-13(10-21(20-14)12-8-7-9-12)18-22-16(3,4)17(5,6)23-18/h10,12H,7-9H2,1-6H3. The van der Waals surface area contributed by atoms with Gasteiger partial charge in [0.25, 0.3) is 0 Å². The minimum absolute atomic E-state index is 0.399. The summed E-state index contributed by atoms with van der Waals surface area (Å²) in [6.45, 7) is 12.0. The number of rotatable bonds is 3. The van der Waals surface area contributed by atoms with Crippen LogP contribution in [0.3, 0.4) is 0 Å². The summed E-state index contributed by atoms with van der Waals surface area (Å²) in [5, 5.41) is 14.3. The fourth-order valence-electron chi connectivity index (χ4n) is 2.93. The largest absolute Gasteiger partial charge is 0.498 e. The second-order valence-corrected chi connectivity index (χ2v) is 8.32. The normalized spacial score (nSPS) is 23.6. The van der Waals surface area contributed by atoms with Crippen molar-refractivity contribution in [3.63, 3.8) is 0 Å². The van der Waals surface area contributed by atoms with Crippen molar-refractivity contribution in [3.8, 4) is 6.07 Å². The van der Waals surface area contributed by atoms with Gasteiger partial charge in [0.15, 0.2) is 0 Å². The molecule has 0 unspecified atom stereocenters. The zero-order valence-corrected chi connectivity index (χ0v) is 15.0. The van der Waals surface area contributed by atoms with Gasteiger partial charge in [0.1, 0.15) is 0 Å². The maximum Gasteiger partial charge on any atom is 0.498 e. The molecule has 0 aromatic carbocycles. The highest BCUT2D eigenvalue weighted by molar-refractivity contribution is 6.62. The van der Waals surface area contributed by atoms with Gasteiger partial charge in [-0.25, -0.2) is 0 Å². The first-order chi connectivity index (χ1) is 10.6. The Kier molecular flexibility index (Phi) is 3.66. The Bertz CT molecular complexity index is 637. The van der Waals surface area contributed by atoms with Crippen LogP contribution in [-0.2, 0) is 14.7 Å². The van der Waals surface area contributed by atoms with Gasteiger partial charge in [0.05, 0.1) is 34.4 Å². The summed E-state index contributed by atoms with van der Waals surface area (Å²) < 4.78 is 14.4. The topological polar surface area (TPSA) is 60.1 Å². The molecule has 1 aromatic heterocycles. The van der Waals surface area contributed by atoms with Crippen molar-refractivity contribution < 1.29 is 9.31 Å². The molecular formula is C17H26BN3O2. The summed E-state index contributed by atoms with van der Waals surface area (Å²) in [5.74, 6) is 0. The third kappa shape index (κ3) is 2.60. The van der Waals surface area contributed by atoms with Crippen molar-refractivity contribution >= 4 is 12.6 Å². The highest BCUT2D eigenvalue weighted by Gasteiger charge is 2.53. The summed E-state index contributed by atoms with van der Waals surface area (Å²) in [4.78, 5) is 0. The Labute approximate surface area is 139 Å². The van der Waals surface area contributed by atoms with E-state index >= 15 is 0 Å². The van der Waals surface area contributed by atoms with Gasteiger partial charge in [0, 0.05) is 11.7 Å². The van der Waals surface area contributed by atoms with Crippen LogP contribution in [0.15, 0.2) is 6.20 Å². The Balaban J connectivity index is 2.01. The van der Waals surface area contributed by atoms with Crippen molar-refractivity contribution in [1.29, 1.82) is 5.26 Å². The molecule has 1 aliphatic heterocycles. The van der Waals surface area contributed by atoms with E-state index in [0.717, 1.165) is 24.0 Å². The molecule has 1 aromatic rings. The molecule has 2 fully saturated rings. The molecule has 0 atom stereocenters. The third-order valence-electron chi connectivity index (χ3n) is 5.59. The highest BCUT2D eigenvalue weighted by atomic mass is 16.7. The van der Waals surface area contributed by atoms with Crippen LogP contribution in [0.25, 0.3) is 0 Å². The number of nitriles is 1. The van der Waals surface area contributed by atoms with Crippen molar-refractivity contribution in [3.05, 3.63) is 11.9 Å². The quantitative estimate of drug-likeness (QED) is 0.805. The highest BCUT2D eigenvalue weighted by Crippen LogP contribution is 2.38. The van der Waals surface area contributed by atoms with E-state index in [4.69, 9.17) is 14.4 Å². The van der Waals surface area contributed by atoms with Crippen LogP contribution in [0.1, 0.15) is 72.5 Å². The lowest BCUT2D eigenvalue weighted by atomic mass is 9.73. The summed E-state index contributed by atoms with van der Waals surface area (Å²) in [6, 6.07) is 2.81. The van der Waals surface area contributed by atoms with E-state index in [1.165, 1.54) is 6.42 Å². The van der Waals surface area contributed by atoms with E-state index < -0.39 is 23.7 Å². The van der Waals surface area contributed by atoms with Crippen LogP contribution in [0, 0.1) is 11.3 Å². The molecule has 5 nitrogen and oxygen atoms in total. The van der Waals surface area contributed by atoms with Crippen LogP contribution >= 0.6 is 0 Å². The van der Waals surface area contributed by atoms with Crippen LogP contribution < -0.4 is 5.46 Å². The van der Waals surface area contributed by atoms with Gasteiger partial charge in [-0.3, -0.25) is 4.68 Å². The number of hydrogen-bond donors (Lipinski definition) is 0. The fraction of sp³-hybridized carbons (Fsp3) is 0.765. The third-order valence-corrected chi connectivity index (χ3v) is 5.59. The first kappa shape index (κ1) is 16.5. The Morgan fingerprint density at radius 1 is 1.26 bits per heavy atom. The van der Waals surface area contributed by atoms with Gasteiger partial charge in [-0.1, -0.05) is 0 Å². The lowest BCUT2D eigenvalue weighted by Crippen LogP contribution is -2.41. The van der Waals surface area contributed by atoms with E-state index in [0.29, 0.717) is 6.04 Å². The fourth-order valence-corrected chi connectivity index (χ4v) is 2.93. The molecule has 0 amide bonds. The van der Waals surface area contributed by atoms with E-state index in [9.17, 15) is 5.26 Å². The lowest BCUT2D eigenvalue weighted by molar-refractivity contribution is 0.00578. The molecule has 124 valence electrons. The molecule has 1 aliphatic carbocycles. The summed E-state index contributed by atoms with van der Waals surface area (Å²) in [6.07, 6.45) is 5.57. The van der Waals surface area contributed by atoms with Gasteiger partial charge in [-0.2, -0.15) is 10.4 Å². The molecule has 23 heavy (non-hydrogen) atoms. The Morgan fingerprint density at radius 2 is 1.83 bits per heavy atom. The van der Waals surface area contributed by atoms with E-state index in [2.05, 4.69) is 6.07 Å². The molecule has 0 bridgehead atoms. The summed E-state index contributed by atoms with van der Waals surface area (Å²) in [5.41, 5.74) is 0.190. The zero-order valence-electron chi connectivity index (χ0n) is 15.0. The average molecular weight is 315 g/mol. The molecule has 0 N–H and O–H groups in total. The van der Waals surface area contributed by atoms with Crippen molar-refractivity contribution in [2.24, 2.45) is 0 Å². The number of nitrogens with zero attached hydrogens (tertiary/aromatic N) is 3. The van der Waals surface area contributed by atoms with Crippen molar-refractivity contribution in [2.45, 2.75) is 83.5 Å². The van der Waals surface area contributed by atoms with E-state index in [1.807, 2.05) is 52.4 Å². The molecular weight excluding hydrogens is 289 g/mol. The van der Waals surface area contributed by atoms with Gasteiger partial charge >= 0.3 is 7.12 Å². The van der Waals surface area contributed by atoms with Crippen LogP contribution in [-0.4, -0.2) is 28.1 Å². The molecule has 2 heterocycles. The van der Waals surface area contributed by atoms with Crippen LogP contribution in [0.4, 0.5) is 0 Å². The summed E-state index contributed by atoms with van der Waals surface area (Å²) >= 11 is 0. The van der Waals surface area contributed by atoms with Gasteiger partial charge in [-0.05, 0) is 60.8 Å². The predicted molar refractivity (Wildman–Crippen MR) is 89.5 cm³/mol. The second-order valence-electron chi connectivity index (χ2n) is 8.32. The lowest BCUT2D eigenvalue weighted by Gasteiger charge is -2.32. The molecule has 1 saturated carbocycles. The molecule has 2 aliphatic rings. The Morgan fingerprint density at radius 3 is 2.26 bits per heavy atom. The zero-order chi connectivity index (χ0) is 17.0. The molecule has 3 rings (SSSR count). The van der Waals surface area contributed by atoms with Gasteiger partial charge in [0.2, 0.25) is 0 Å². The van der Waals surface area contributed by atoms with Crippen molar-refractivity contribution in [2.75, 3.05) is 0 Å². The smallest absolute Gasteiger partial charge is 0.399 e. The number of hydrogen-bond acceptors (Lipinski definition) is 4. The second kappa shape index (κ2) is 5.09. The van der Waals surface area contributed by atoms with E-state index in [-0.39, 0.29) is 0 Å². The summed E-state index contributed by atoms with van der Waals surface area (Å²) in [7, 11) is -0.476. The monoisotopic (exact) mass is 315 g/mol. The van der Waals surface area contributed by atoms with Crippen LogP contribution in [0.2, 0.25) is 0 Å². The maximum absolute atomic E-state index is 9.56. The molecule has 1 saturated heterocycles. The molecule has 0 spiro atoms.